The van der Waals surface area contributed by atoms with Gasteiger partial charge in [0.2, 0.25) is 0 Å². The summed E-state index contributed by atoms with van der Waals surface area (Å²) in [6.07, 6.45) is 11.2. The van der Waals surface area contributed by atoms with Gasteiger partial charge in [0.25, 0.3) is 16.7 Å². The van der Waals surface area contributed by atoms with Crippen LogP contribution in [-0.4, -0.2) is 151 Å². The third-order valence-electron chi connectivity index (χ3n) is 23.2. The molecule has 1 amide bonds. The fourth-order valence-corrected chi connectivity index (χ4v) is 16.8. The number of ether oxygens (including phenoxy) is 4. The molecule has 0 saturated carbocycles. The van der Waals surface area contributed by atoms with Crippen molar-refractivity contribution in [1.82, 2.24) is 38.5 Å². The molecule has 8 aliphatic heterocycles. The Morgan fingerprint density at radius 3 is 1.26 bits per heavy atom. The summed E-state index contributed by atoms with van der Waals surface area (Å²) < 4.78 is 41.0. The summed E-state index contributed by atoms with van der Waals surface area (Å²) in [5, 5.41) is 58.0. The maximum atomic E-state index is 14.8. The van der Waals surface area contributed by atoms with Gasteiger partial charge in [0.15, 0.2) is 16.8 Å². The van der Waals surface area contributed by atoms with Crippen molar-refractivity contribution in [3.63, 3.8) is 0 Å². The molecule has 0 unspecified atom stereocenters. The minimum atomic E-state index is -1.90. The van der Waals surface area contributed by atoms with Crippen LogP contribution >= 0.6 is 0 Å². The van der Waals surface area contributed by atoms with Crippen LogP contribution in [0.2, 0.25) is 0 Å². The number of nitrogens with zero attached hydrogens (tertiary/aromatic N) is 11. The number of piperidine rings is 2. The Morgan fingerprint density at radius 1 is 0.504 bits per heavy atom. The summed E-state index contributed by atoms with van der Waals surface area (Å²) in [4.78, 5) is 126. The first kappa shape index (κ1) is 82.5. The predicted molar refractivity (Wildman–Crippen MR) is 440 cm³/mol. The van der Waals surface area contributed by atoms with Gasteiger partial charge in [0.1, 0.15) is 53.9 Å². The second kappa shape index (κ2) is 31.6. The van der Waals surface area contributed by atoms with E-state index < -0.39 is 51.5 Å². The maximum absolute atomic E-state index is 14.8. The van der Waals surface area contributed by atoms with E-state index in [0.29, 0.717) is 105 Å². The molecule has 29 nitrogen and oxygen atoms in total. The minimum Gasteiger partial charge on any atom is -0.508 e. The first-order chi connectivity index (χ1) is 56.5. The van der Waals surface area contributed by atoms with E-state index in [-0.39, 0.29) is 133 Å². The van der Waals surface area contributed by atoms with Crippen LogP contribution in [0, 0.1) is 5.82 Å². The Morgan fingerprint density at radius 2 is 0.866 bits per heavy atom. The van der Waals surface area contributed by atoms with Crippen molar-refractivity contribution in [3.8, 4) is 45.7 Å². The van der Waals surface area contributed by atoms with Crippen LogP contribution in [0.1, 0.15) is 201 Å². The Balaban J connectivity index is 0.000000142. The predicted octanol–water partition coefficient (Wildman–Crippen LogP) is 11.6. The number of aliphatic hydroxyl groups is 3. The number of pyridine rings is 6. The number of carbonyl (C=O) groups is 4. The molecule has 624 valence electrons. The van der Waals surface area contributed by atoms with E-state index in [1.165, 1.54) is 31.5 Å². The lowest BCUT2D eigenvalue weighted by molar-refractivity contribution is -0.172. The monoisotopic (exact) mass is 1630 g/mol. The van der Waals surface area contributed by atoms with Gasteiger partial charge in [-0.15, -0.1) is 0 Å². The number of hydrogen-bond donors (Lipinski definition) is 4. The van der Waals surface area contributed by atoms with Crippen LogP contribution in [0.15, 0.2) is 103 Å². The van der Waals surface area contributed by atoms with E-state index in [4.69, 9.17) is 48.4 Å². The SMILES string of the molecule is CC[C@@]1(O)C(=O)OCc2c1cc1n(c2=O)Cc2cc3c(C/C=N/OC(C)(C)C)c(F)ccc3nc2-1.CC[C@@]1(O)C(=O)OCc2c1cc1n(c2=O)Cc2cc3c(C/C=N/OC(C)(C)C)c(O)ccc3nc2-1.CC[C@@]1(O)C(=O)OCc2c1cc1n(c2=O)Cc2cc3c(C/C=N/OC(C)(C)C)c(OC(=O)N4CCC(N5CCCCC5)CC4)ccc3nc2-1. The second-order valence-corrected chi connectivity index (χ2v) is 34.4. The third kappa shape index (κ3) is 15.5. The molecule has 14 heterocycles. The number of carbonyl (C=O) groups excluding carboxylic acids is 4. The first-order valence-electron chi connectivity index (χ1n) is 40.6. The van der Waals surface area contributed by atoms with E-state index >= 15 is 0 Å². The van der Waals surface area contributed by atoms with Gasteiger partial charge in [-0.1, -0.05) is 42.7 Å². The van der Waals surface area contributed by atoms with Gasteiger partial charge in [-0.25, -0.2) is 38.5 Å². The summed E-state index contributed by atoms with van der Waals surface area (Å²) in [7, 11) is 0. The zero-order valence-electron chi connectivity index (χ0n) is 68.9. The van der Waals surface area contributed by atoms with Gasteiger partial charge < -0.3 is 77.4 Å². The topological polar surface area (TPSA) is 362 Å². The molecule has 3 aromatic carbocycles. The van der Waals surface area contributed by atoms with E-state index in [9.17, 15) is 58.4 Å². The third-order valence-corrected chi connectivity index (χ3v) is 23.2. The average Bonchev–Trinajstić information content (AvgIpc) is 1.62. The van der Waals surface area contributed by atoms with E-state index in [1.54, 1.807) is 94.3 Å². The number of esters is 3. The number of rotatable bonds is 14. The summed E-state index contributed by atoms with van der Waals surface area (Å²) in [5.41, 5.74) is 3.06. The van der Waals surface area contributed by atoms with Crippen LogP contribution in [0.25, 0.3) is 66.9 Å². The Labute approximate surface area is 684 Å². The number of phenols is 1. The molecule has 2 saturated heterocycles. The number of benzene rings is 3. The van der Waals surface area contributed by atoms with Gasteiger partial charge >= 0.3 is 24.0 Å². The summed E-state index contributed by atoms with van der Waals surface area (Å²) in [6, 6.07) is 21.1. The zero-order chi connectivity index (χ0) is 84.7. The minimum absolute atomic E-state index is 0.0710. The molecule has 3 atom stereocenters. The lowest BCUT2D eigenvalue weighted by Crippen LogP contribution is -2.48. The van der Waals surface area contributed by atoms with E-state index in [1.807, 2.05) is 86.6 Å². The van der Waals surface area contributed by atoms with Gasteiger partial charge in [-0.05, 0) is 193 Å². The fraction of sp³-hybridized carbons (Fsp3) is 0.449. The van der Waals surface area contributed by atoms with Crippen molar-refractivity contribution in [2.45, 2.75) is 233 Å². The second-order valence-electron chi connectivity index (χ2n) is 34.4. The number of amides is 1. The Hall–Kier alpha value is -11.6. The number of halogens is 1. The van der Waals surface area contributed by atoms with Gasteiger partial charge in [-0.2, -0.15) is 0 Å². The first-order valence-corrected chi connectivity index (χ1v) is 40.6. The molecule has 4 N–H and O–H groups in total. The average molecular weight is 1630 g/mol. The number of cyclic esters (lactones) is 3. The van der Waals surface area contributed by atoms with Crippen LogP contribution in [0.5, 0.6) is 11.5 Å². The molecule has 30 heteroatoms. The standard InChI is InChI=1S/C37H45N5O7.C26H26FN3O5.C26H27N3O6/c1-5-37(46)28-20-30-32-23(21-42(30)33(43)27(28)22-47-34(37)44)19-26-25(11-14-38-49-36(2,3)4)31(10-9-29(26)39-32)48-35(45)41-17-12-24(13-18-41)40-15-7-6-8-16-40;1-5-26(33)18-11-21-22-14(12-30(21)23(31)17(18)13-34-24(26)32)10-16-15(8-9-28-35-25(2,3)4)19(27)6-7-20(16)29-22;1-5-26(33)18-11-20-22-14(12-29(20)23(31)17(18)13-34-24(26)32)10-16-15(8-9-27-35-25(2,3)4)21(30)7-6-19(16)28-22/h9-10,14,19-20,24,46H,5-8,11-13,15-18,21-22H2,1-4H3;6-7,9-11,33H,5,8,12-13H2,1-4H3;6-7,9-11,30,33H,5,8,12-13H2,1-4H3/b38-14+;28-9+;27-9+/t37-;2*26-/m000/s1. The molecular weight excluding hydrogens is 1530 g/mol. The zero-order valence-corrected chi connectivity index (χ0v) is 68.9. The molecule has 0 bridgehead atoms. The smallest absolute Gasteiger partial charge is 0.415 e. The number of hydrogen-bond acceptors (Lipinski definition) is 25. The Bertz CT molecular complexity index is 5730. The summed E-state index contributed by atoms with van der Waals surface area (Å²) in [6.45, 7) is 25.9. The number of likely N-dealkylation sites (tertiary alicyclic amines) is 2. The highest BCUT2D eigenvalue weighted by atomic mass is 19.1. The van der Waals surface area contributed by atoms with Crippen molar-refractivity contribution < 1.29 is 77.5 Å². The lowest BCUT2D eigenvalue weighted by atomic mass is 9.86. The number of fused-ring (bicyclic) bond motifs is 15. The highest BCUT2D eigenvalue weighted by Crippen LogP contribution is 2.45. The van der Waals surface area contributed by atoms with E-state index in [2.05, 4.69) is 20.4 Å². The molecule has 9 aromatic rings. The van der Waals surface area contributed by atoms with Crippen LogP contribution in [0.3, 0.4) is 0 Å². The number of oxime groups is 3. The normalized spacial score (nSPS) is 20.0. The molecule has 6 aromatic heterocycles. The summed E-state index contributed by atoms with van der Waals surface area (Å²) >= 11 is 0. The van der Waals surface area contributed by atoms with Crippen molar-refractivity contribution in [2.75, 3.05) is 26.2 Å². The van der Waals surface area contributed by atoms with Gasteiger partial charge in [0, 0.05) is 123 Å². The number of aromatic nitrogens is 6. The van der Waals surface area contributed by atoms with Crippen molar-refractivity contribution >= 4 is 75.4 Å². The maximum Gasteiger partial charge on any atom is 0.415 e. The van der Waals surface area contributed by atoms with Crippen LogP contribution in [0.4, 0.5) is 9.18 Å². The lowest BCUT2D eigenvalue weighted by Gasteiger charge is -2.39. The molecule has 2 fully saturated rings. The van der Waals surface area contributed by atoms with Crippen LogP contribution < -0.4 is 21.4 Å². The number of phenolic OH excluding ortho intramolecular Hbond substituents is 1. The fourth-order valence-electron chi connectivity index (χ4n) is 16.8. The van der Waals surface area contributed by atoms with Crippen molar-refractivity contribution in [2.24, 2.45) is 15.5 Å². The van der Waals surface area contributed by atoms with Crippen molar-refractivity contribution in [1.29, 1.82) is 0 Å². The summed E-state index contributed by atoms with van der Waals surface area (Å²) in [5.74, 6) is -2.11. The molecule has 119 heavy (non-hydrogen) atoms. The van der Waals surface area contributed by atoms with Crippen molar-refractivity contribution in [3.05, 3.63) is 176 Å². The molecular formula is C89H98FN11O18. The molecule has 8 aliphatic rings. The molecule has 0 radical (unpaired) electrons. The van der Waals surface area contributed by atoms with E-state index in [0.717, 1.165) is 59.0 Å². The highest BCUT2D eigenvalue weighted by molar-refractivity contribution is 5.94. The quantitative estimate of drug-likeness (QED) is 0.0340. The largest absolute Gasteiger partial charge is 0.508 e. The van der Waals surface area contributed by atoms with Gasteiger partial charge in [-0.3, -0.25) is 14.4 Å². The molecule has 17 rings (SSSR count). The number of aromatic hydroxyl groups is 1. The van der Waals surface area contributed by atoms with Crippen LogP contribution in [-0.2, 0) is 119 Å². The molecule has 0 spiro atoms. The van der Waals surface area contributed by atoms with Gasteiger partial charge in [0.05, 0.1) is 87.0 Å². The Kier molecular flexibility index (Phi) is 21.9. The molecule has 0 aliphatic carbocycles. The highest BCUT2D eigenvalue weighted by Gasteiger charge is 2.49.